The van der Waals surface area contributed by atoms with Gasteiger partial charge >= 0.3 is 0 Å². The Morgan fingerprint density at radius 2 is 1.78 bits per heavy atom. The number of aromatic nitrogens is 2. The van der Waals surface area contributed by atoms with Crippen LogP contribution in [0, 0.1) is 0 Å². The van der Waals surface area contributed by atoms with Gasteiger partial charge in [0, 0.05) is 28.8 Å². The third-order valence-electron chi connectivity index (χ3n) is 3.59. The van der Waals surface area contributed by atoms with Crippen molar-refractivity contribution in [3.8, 4) is 5.13 Å². The number of anilines is 1. The molecule has 0 fully saturated rings. The van der Waals surface area contributed by atoms with E-state index >= 15 is 0 Å². The Kier molecular flexibility index (Phi) is 3.40. The second-order valence-electron chi connectivity index (χ2n) is 5.09. The highest BCUT2D eigenvalue weighted by molar-refractivity contribution is 7.12. The number of thiazole rings is 1. The van der Waals surface area contributed by atoms with Crippen molar-refractivity contribution in [2.45, 2.75) is 0 Å². The van der Waals surface area contributed by atoms with Gasteiger partial charge in [0.05, 0.1) is 0 Å². The smallest absolute Gasteiger partial charge is 0.275 e. The van der Waals surface area contributed by atoms with Crippen LogP contribution in [0.2, 0.25) is 0 Å². The van der Waals surface area contributed by atoms with E-state index in [1.54, 1.807) is 5.38 Å². The molecule has 112 valence electrons. The summed E-state index contributed by atoms with van der Waals surface area (Å²) in [6.45, 7) is 0. The summed E-state index contributed by atoms with van der Waals surface area (Å²) in [5.41, 5.74) is 1.22. The fourth-order valence-electron chi connectivity index (χ4n) is 2.47. The fourth-order valence-corrected chi connectivity index (χ4v) is 3.24. The Morgan fingerprint density at radius 3 is 2.65 bits per heavy atom. The summed E-state index contributed by atoms with van der Waals surface area (Å²) in [5.74, 6) is -0.198. The van der Waals surface area contributed by atoms with Crippen molar-refractivity contribution in [3.63, 3.8) is 0 Å². The molecule has 0 aliphatic carbocycles. The first-order chi connectivity index (χ1) is 11.3. The number of hydrogen-bond donors (Lipinski definition) is 1. The maximum Gasteiger partial charge on any atom is 0.275 e. The van der Waals surface area contributed by atoms with Crippen LogP contribution in [-0.4, -0.2) is 15.5 Å². The van der Waals surface area contributed by atoms with E-state index in [0.717, 1.165) is 21.6 Å². The zero-order chi connectivity index (χ0) is 15.6. The van der Waals surface area contributed by atoms with E-state index in [-0.39, 0.29) is 5.91 Å². The van der Waals surface area contributed by atoms with E-state index in [1.807, 2.05) is 71.6 Å². The lowest BCUT2D eigenvalue weighted by atomic mass is 10.1. The number of carbonyl (C=O) groups excluding carboxylic acids is 1. The van der Waals surface area contributed by atoms with E-state index in [2.05, 4.69) is 10.3 Å². The van der Waals surface area contributed by atoms with Gasteiger partial charge in [0.1, 0.15) is 5.69 Å². The number of nitrogens with one attached hydrogen (secondary N) is 1. The summed E-state index contributed by atoms with van der Waals surface area (Å²) in [5, 5.41) is 7.62. The fraction of sp³-hybridized carbons (Fsp3) is 0. The Bertz CT molecular complexity index is 968. The van der Waals surface area contributed by atoms with Gasteiger partial charge in [0.15, 0.2) is 5.13 Å². The molecule has 5 heteroatoms. The molecule has 0 atom stereocenters. The van der Waals surface area contributed by atoms with Crippen molar-refractivity contribution in [3.05, 3.63) is 78.1 Å². The van der Waals surface area contributed by atoms with Gasteiger partial charge in [0.2, 0.25) is 0 Å². The second-order valence-corrected chi connectivity index (χ2v) is 5.92. The summed E-state index contributed by atoms with van der Waals surface area (Å²) in [6.07, 6.45) is 3.82. The zero-order valence-electron chi connectivity index (χ0n) is 12.1. The molecule has 0 bridgehead atoms. The number of benzene rings is 2. The third kappa shape index (κ3) is 2.62. The lowest BCUT2D eigenvalue weighted by molar-refractivity contribution is 0.102. The largest absolute Gasteiger partial charge is 0.320 e. The van der Waals surface area contributed by atoms with Gasteiger partial charge < -0.3 is 9.88 Å². The molecule has 2 aromatic heterocycles. The number of rotatable bonds is 3. The van der Waals surface area contributed by atoms with Crippen LogP contribution in [0.3, 0.4) is 0 Å². The van der Waals surface area contributed by atoms with Gasteiger partial charge in [-0.3, -0.25) is 4.79 Å². The summed E-state index contributed by atoms with van der Waals surface area (Å²) < 4.78 is 1.89. The third-order valence-corrected chi connectivity index (χ3v) is 4.44. The Balaban J connectivity index is 1.62. The van der Waals surface area contributed by atoms with Crippen molar-refractivity contribution in [1.82, 2.24) is 9.55 Å². The first-order valence-electron chi connectivity index (χ1n) is 7.19. The predicted molar refractivity (Wildman–Crippen MR) is 93.3 cm³/mol. The number of hydrogen-bond acceptors (Lipinski definition) is 3. The van der Waals surface area contributed by atoms with Crippen molar-refractivity contribution < 1.29 is 4.79 Å². The molecule has 0 saturated heterocycles. The molecule has 0 spiro atoms. The molecule has 0 unspecified atom stereocenters. The lowest BCUT2D eigenvalue weighted by Crippen LogP contribution is -2.12. The summed E-state index contributed by atoms with van der Waals surface area (Å²) >= 11 is 1.44. The Labute approximate surface area is 137 Å². The van der Waals surface area contributed by atoms with Crippen molar-refractivity contribution in [2.75, 3.05) is 5.32 Å². The number of nitrogens with zero attached hydrogens (tertiary/aromatic N) is 2. The number of fused-ring (bicyclic) bond motifs is 1. The van der Waals surface area contributed by atoms with E-state index in [1.165, 1.54) is 11.3 Å². The summed E-state index contributed by atoms with van der Waals surface area (Å²) in [6, 6.07) is 17.7. The molecule has 2 heterocycles. The maximum absolute atomic E-state index is 12.5. The van der Waals surface area contributed by atoms with Crippen molar-refractivity contribution >= 4 is 33.7 Å². The van der Waals surface area contributed by atoms with E-state index in [0.29, 0.717) is 5.69 Å². The normalized spacial score (nSPS) is 10.8. The molecular formula is C18H13N3OS. The predicted octanol–water partition coefficient (Wildman–Crippen LogP) is 4.34. The number of amides is 1. The minimum atomic E-state index is -0.198. The van der Waals surface area contributed by atoms with Gasteiger partial charge in [-0.25, -0.2) is 4.98 Å². The van der Waals surface area contributed by atoms with Gasteiger partial charge in [-0.05, 0) is 23.6 Å². The van der Waals surface area contributed by atoms with E-state index in [9.17, 15) is 4.79 Å². The lowest BCUT2D eigenvalue weighted by Gasteiger charge is -2.07. The molecule has 0 radical (unpaired) electrons. The highest BCUT2D eigenvalue weighted by Crippen LogP contribution is 2.24. The molecule has 0 aliphatic heterocycles. The first kappa shape index (κ1) is 13.7. The summed E-state index contributed by atoms with van der Waals surface area (Å²) in [7, 11) is 0. The SMILES string of the molecule is O=C(Nc1cccc2ccccc12)c1csc(-n2cccc2)n1. The summed E-state index contributed by atoms with van der Waals surface area (Å²) in [4.78, 5) is 16.9. The molecule has 4 nitrogen and oxygen atoms in total. The highest BCUT2D eigenvalue weighted by atomic mass is 32.1. The van der Waals surface area contributed by atoms with Crippen molar-refractivity contribution in [1.29, 1.82) is 0 Å². The van der Waals surface area contributed by atoms with Crippen LogP contribution >= 0.6 is 11.3 Å². The van der Waals surface area contributed by atoms with Crippen molar-refractivity contribution in [2.24, 2.45) is 0 Å². The molecular weight excluding hydrogens is 306 g/mol. The highest BCUT2D eigenvalue weighted by Gasteiger charge is 2.12. The van der Waals surface area contributed by atoms with Crippen LogP contribution < -0.4 is 5.32 Å². The number of carbonyl (C=O) groups is 1. The maximum atomic E-state index is 12.5. The Hall–Kier alpha value is -2.92. The molecule has 0 saturated carbocycles. The van der Waals surface area contributed by atoms with Gasteiger partial charge in [-0.2, -0.15) is 0 Å². The molecule has 1 amide bonds. The standard InChI is InChI=1S/C18H13N3OS/c22-17(16-12-23-18(20-16)21-10-3-4-11-21)19-15-9-5-7-13-6-1-2-8-14(13)15/h1-12H,(H,19,22). The molecule has 23 heavy (non-hydrogen) atoms. The molecule has 4 aromatic rings. The quantitative estimate of drug-likeness (QED) is 0.610. The van der Waals surface area contributed by atoms with Crippen LogP contribution in [0.15, 0.2) is 72.4 Å². The van der Waals surface area contributed by atoms with Crippen LogP contribution in [0.4, 0.5) is 5.69 Å². The van der Waals surface area contributed by atoms with E-state index in [4.69, 9.17) is 0 Å². The first-order valence-corrected chi connectivity index (χ1v) is 8.07. The monoisotopic (exact) mass is 319 g/mol. The molecule has 2 aromatic carbocycles. The van der Waals surface area contributed by atoms with Crippen LogP contribution in [-0.2, 0) is 0 Å². The minimum Gasteiger partial charge on any atom is -0.320 e. The van der Waals surface area contributed by atoms with Gasteiger partial charge in [-0.15, -0.1) is 11.3 Å². The van der Waals surface area contributed by atoms with Gasteiger partial charge in [0.25, 0.3) is 5.91 Å². The average molecular weight is 319 g/mol. The Morgan fingerprint density at radius 1 is 1.00 bits per heavy atom. The minimum absolute atomic E-state index is 0.198. The topological polar surface area (TPSA) is 46.9 Å². The van der Waals surface area contributed by atoms with E-state index < -0.39 is 0 Å². The van der Waals surface area contributed by atoms with Crippen LogP contribution in [0.5, 0.6) is 0 Å². The molecule has 0 aliphatic rings. The molecule has 1 N–H and O–H groups in total. The second kappa shape index (κ2) is 5.70. The van der Waals surface area contributed by atoms with Crippen LogP contribution in [0.25, 0.3) is 15.9 Å². The van der Waals surface area contributed by atoms with Gasteiger partial charge in [-0.1, -0.05) is 36.4 Å². The zero-order valence-corrected chi connectivity index (χ0v) is 13.0. The van der Waals surface area contributed by atoms with Crippen LogP contribution in [0.1, 0.15) is 10.5 Å². The molecule has 4 rings (SSSR count). The average Bonchev–Trinajstić information content (AvgIpc) is 3.26.